The standard InChI is InChI=1S/C14H18ClNO2/c1-8-4-5-9(15)6-10(8)13(18)16-11-7-12(17)14(11,2)3/h4-6,11-12,17H,7H2,1-3H3,(H,16,18). The van der Waals surface area contributed by atoms with E-state index in [1.165, 1.54) is 0 Å². The van der Waals surface area contributed by atoms with Crippen LogP contribution < -0.4 is 5.32 Å². The highest BCUT2D eigenvalue weighted by Gasteiger charge is 2.48. The van der Waals surface area contributed by atoms with Gasteiger partial charge in [0.25, 0.3) is 5.91 Å². The number of hydrogen-bond donors (Lipinski definition) is 2. The van der Waals surface area contributed by atoms with Crippen LogP contribution in [0.25, 0.3) is 0 Å². The van der Waals surface area contributed by atoms with Gasteiger partial charge >= 0.3 is 0 Å². The molecular weight excluding hydrogens is 250 g/mol. The number of aryl methyl sites for hydroxylation is 1. The van der Waals surface area contributed by atoms with Gasteiger partial charge < -0.3 is 10.4 Å². The molecule has 0 aromatic heterocycles. The van der Waals surface area contributed by atoms with Crippen LogP contribution in [0.1, 0.15) is 36.2 Å². The van der Waals surface area contributed by atoms with E-state index in [9.17, 15) is 9.90 Å². The zero-order valence-corrected chi connectivity index (χ0v) is 11.6. The van der Waals surface area contributed by atoms with Crippen LogP contribution in [0.3, 0.4) is 0 Å². The number of rotatable bonds is 2. The second-order valence-corrected chi connectivity index (χ2v) is 5.99. The quantitative estimate of drug-likeness (QED) is 0.865. The summed E-state index contributed by atoms with van der Waals surface area (Å²) in [5.41, 5.74) is 1.23. The molecule has 2 atom stereocenters. The summed E-state index contributed by atoms with van der Waals surface area (Å²) in [4.78, 5) is 12.2. The van der Waals surface area contributed by atoms with Crippen LogP contribution in [0.4, 0.5) is 0 Å². The summed E-state index contributed by atoms with van der Waals surface area (Å²) < 4.78 is 0. The SMILES string of the molecule is Cc1ccc(Cl)cc1C(=O)NC1CC(O)C1(C)C. The van der Waals surface area contributed by atoms with E-state index in [-0.39, 0.29) is 23.5 Å². The van der Waals surface area contributed by atoms with Gasteiger partial charge in [-0.25, -0.2) is 0 Å². The highest BCUT2D eigenvalue weighted by atomic mass is 35.5. The van der Waals surface area contributed by atoms with E-state index in [4.69, 9.17) is 11.6 Å². The van der Waals surface area contributed by atoms with Crippen LogP contribution in [-0.4, -0.2) is 23.2 Å². The van der Waals surface area contributed by atoms with Crippen molar-refractivity contribution < 1.29 is 9.90 Å². The summed E-state index contributed by atoms with van der Waals surface area (Å²) >= 11 is 5.90. The Morgan fingerprint density at radius 2 is 2.17 bits per heavy atom. The second-order valence-electron chi connectivity index (χ2n) is 5.56. The van der Waals surface area contributed by atoms with Crippen molar-refractivity contribution in [2.75, 3.05) is 0 Å². The minimum atomic E-state index is -0.344. The molecule has 0 radical (unpaired) electrons. The molecule has 1 aliphatic carbocycles. The molecule has 1 aliphatic rings. The molecule has 1 saturated carbocycles. The Balaban J connectivity index is 2.12. The highest BCUT2D eigenvalue weighted by Crippen LogP contribution is 2.40. The first-order valence-corrected chi connectivity index (χ1v) is 6.45. The zero-order valence-electron chi connectivity index (χ0n) is 10.8. The molecule has 98 valence electrons. The van der Waals surface area contributed by atoms with Crippen molar-refractivity contribution in [1.29, 1.82) is 0 Å². The number of aliphatic hydroxyl groups is 1. The first kappa shape index (κ1) is 13.4. The van der Waals surface area contributed by atoms with Crippen molar-refractivity contribution in [3.8, 4) is 0 Å². The van der Waals surface area contributed by atoms with Gasteiger partial charge in [-0.3, -0.25) is 4.79 Å². The maximum absolute atomic E-state index is 12.2. The lowest BCUT2D eigenvalue weighted by Gasteiger charge is -2.49. The van der Waals surface area contributed by atoms with Gasteiger partial charge in [0.05, 0.1) is 6.10 Å². The summed E-state index contributed by atoms with van der Waals surface area (Å²) in [6.07, 6.45) is 0.265. The van der Waals surface area contributed by atoms with Gasteiger partial charge in [0.2, 0.25) is 0 Å². The Kier molecular flexibility index (Phi) is 3.39. The minimum absolute atomic E-state index is 0.0124. The van der Waals surface area contributed by atoms with Gasteiger partial charge in [0.1, 0.15) is 0 Å². The van der Waals surface area contributed by atoms with Crippen LogP contribution in [0.5, 0.6) is 0 Å². The molecule has 1 aromatic rings. The van der Waals surface area contributed by atoms with E-state index < -0.39 is 0 Å². The number of nitrogens with one attached hydrogen (secondary N) is 1. The molecule has 0 spiro atoms. The van der Waals surface area contributed by atoms with Gasteiger partial charge in [0.15, 0.2) is 0 Å². The first-order chi connectivity index (χ1) is 8.32. The minimum Gasteiger partial charge on any atom is -0.392 e. The predicted octanol–water partition coefficient (Wildman–Crippen LogP) is 2.54. The number of carbonyl (C=O) groups excluding carboxylic acids is 1. The normalized spacial score (nSPS) is 25.4. The van der Waals surface area contributed by atoms with E-state index in [1.54, 1.807) is 12.1 Å². The van der Waals surface area contributed by atoms with Gasteiger partial charge in [-0.15, -0.1) is 0 Å². The van der Waals surface area contributed by atoms with Crippen molar-refractivity contribution in [2.24, 2.45) is 5.41 Å². The van der Waals surface area contributed by atoms with Crippen molar-refractivity contribution in [3.63, 3.8) is 0 Å². The number of amides is 1. The molecule has 0 aliphatic heterocycles. The highest BCUT2D eigenvalue weighted by molar-refractivity contribution is 6.31. The van der Waals surface area contributed by atoms with Gasteiger partial charge in [0, 0.05) is 22.0 Å². The van der Waals surface area contributed by atoms with Crippen molar-refractivity contribution in [1.82, 2.24) is 5.32 Å². The first-order valence-electron chi connectivity index (χ1n) is 6.07. The molecule has 3 nitrogen and oxygen atoms in total. The third kappa shape index (κ3) is 2.25. The number of aliphatic hydroxyl groups excluding tert-OH is 1. The summed E-state index contributed by atoms with van der Waals surface area (Å²) in [7, 11) is 0. The van der Waals surface area contributed by atoms with E-state index in [0.717, 1.165) is 5.56 Å². The fourth-order valence-electron chi connectivity index (χ4n) is 2.22. The molecule has 1 fully saturated rings. The maximum atomic E-state index is 12.2. The topological polar surface area (TPSA) is 49.3 Å². The smallest absolute Gasteiger partial charge is 0.251 e. The lowest BCUT2D eigenvalue weighted by molar-refractivity contribution is -0.0689. The fraction of sp³-hybridized carbons (Fsp3) is 0.500. The Bertz CT molecular complexity index is 485. The lowest BCUT2D eigenvalue weighted by Crippen LogP contribution is -2.61. The van der Waals surface area contributed by atoms with Gasteiger partial charge in [-0.05, 0) is 31.0 Å². The van der Waals surface area contributed by atoms with Crippen LogP contribution in [0.15, 0.2) is 18.2 Å². The molecule has 1 amide bonds. The Hall–Kier alpha value is -1.06. The van der Waals surface area contributed by atoms with E-state index >= 15 is 0 Å². The van der Waals surface area contributed by atoms with Crippen molar-refractivity contribution >= 4 is 17.5 Å². The average molecular weight is 268 g/mol. The second kappa shape index (κ2) is 4.56. The van der Waals surface area contributed by atoms with Crippen LogP contribution in [-0.2, 0) is 0 Å². The number of hydrogen-bond acceptors (Lipinski definition) is 2. The van der Waals surface area contributed by atoms with Crippen molar-refractivity contribution in [2.45, 2.75) is 39.3 Å². The zero-order chi connectivity index (χ0) is 13.5. The molecule has 0 heterocycles. The Morgan fingerprint density at radius 1 is 1.50 bits per heavy atom. The van der Waals surface area contributed by atoms with Gasteiger partial charge in [-0.2, -0.15) is 0 Å². The fourth-order valence-corrected chi connectivity index (χ4v) is 2.39. The van der Waals surface area contributed by atoms with Crippen LogP contribution >= 0.6 is 11.6 Å². The third-order valence-electron chi connectivity index (χ3n) is 3.97. The summed E-state index contributed by atoms with van der Waals surface area (Å²) in [6, 6.07) is 5.29. The van der Waals surface area contributed by atoms with E-state index in [0.29, 0.717) is 17.0 Å². The summed E-state index contributed by atoms with van der Waals surface area (Å²) in [6.45, 7) is 5.79. The largest absolute Gasteiger partial charge is 0.392 e. The monoisotopic (exact) mass is 267 g/mol. The molecule has 2 rings (SSSR count). The Morgan fingerprint density at radius 3 is 2.72 bits per heavy atom. The van der Waals surface area contributed by atoms with E-state index in [1.807, 2.05) is 26.8 Å². The molecule has 1 aromatic carbocycles. The molecule has 4 heteroatoms. The van der Waals surface area contributed by atoms with E-state index in [2.05, 4.69) is 5.32 Å². The molecular formula is C14H18ClNO2. The predicted molar refractivity (Wildman–Crippen MR) is 71.8 cm³/mol. The lowest BCUT2D eigenvalue weighted by atomic mass is 9.64. The average Bonchev–Trinajstić information content (AvgIpc) is 2.31. The molecule has 2 N–H and O–H groups in total. The van der Waals surface area contributed by atoms with Crippen molar-refractivity contribution in [3.05, 3.63) is 34.3 Å². The van der Waals surface area contributed by atoms with Gasteiger partial charge in [-0.1, -0.05) is 31.5 Å². The molecule has 18 heavy (non-hydrogen) atoms. The summed E-state index contributed by atoms with van der Waals surface area (Å²) in [5, 5.41) is 13.2. The number of halogens is 1. The number of benzene rings is 1. The molecule has 2 unspecified atom stereocenters. The maximum Gasteiger partial charge on any atom is 0.251 e. The third-order valence-corrected chi connectivity index (χ3v) is 4.20. The Labute approximate surface area is 112 Å². The summed E-state index contributed by atoms with van der Waals surface area (Å²) in [5.74, 6) is -0.125. The molecule has 0 saturated heterocycles. The molecule has 0 bridgehead atoms. The van der Waals surface area contributed by atoms with Crippen LogP contribution in [0, 0.1) is 12.3 Å². The van der Waals surface area contributed by atoms with Crippen LogP contribution in [0.2, 0.25) is 5.02 Å². The number of carbonyl (C=O) groups is 1.